The van der Waals surface area contributed by atoms with Crippen LogP contribution in [0, 0.1) is 5.92 Å². The molecule has 1 atom stereocenters. The lowest BCUT2D eigenvalue weighted by Gasteiger charge is -2.20. The number of carboxylic acid groups (broad SMARTS) is 1. The van der Waals surface area contributed by atoms with Gasteiger partial charge in [-0.3, -0.25) is 0 Å². The number of anilines is 1. The number of aliphatic hydroxyl groups is 1. The minimum absolute atomic E-state index is 0.00962. The summed E-state index contributed by atoms with van der Waals surface area (Å²) in [4.78, 5) is 14.8. The number of hydrogen-bond donors (Lipinski definition) is 3. The summed E-state index contributed by atoms with van der Waals surface area (Å²) >= 11 is 5.70. The van der Waals surface area contributed by atoms with E-state index in [2.05, 4.69) is 10.3 Å². The van der Waals surface area contributed by atoms with Gasteiger partial charge in [0.1, 0.15) is 5.82 Å². The molecule has 94 valence electrons. The first-order valence-electron chi connectivity index (χ1n) is 5.22. The van der Waals surface area contributed by atoms with Crippen LogP contribution in [0.4, 0.5) is 5.82 Å². The van der Waals surface area contributed by atoms with E-state index in [0.29, 0.717) is 5.82 Å². The molecule has 1 rings (SSSR count). The molecule has 0 radical (unpaired) electrons. The SMILES string of the molecule is CC(C)C(CO)Nc1cc(C(=O)O)c(Cl)cn1. The Kier molecular flexibility index (Phi) is 4.72. The van der Waals surface area contributed by atoms with Crippen molar-refractivity contribution in [3.8, 4) is 0 Å². The summed E-state index contributed by atoms with van der Waals surface area (Å²) in [6.45, 7) is 3.84. The third kappa shape index (κ3) is 3.57. The topological polar surface area (TPSA) is 82.5 Å². The number of hydrogen-bond acceptors (Lipinski definition) is 4. The number of aliphatic hydroxyl groups excluding tert-OH is 1. The normalized spacial score (nSPS) is 12.5. The van der Waals surface area contributed by atoms with Crippen LogP contribution in [0.5, 0.6) is 0 Å². The molecule has 1 heterocycles. The molecule has 0 spiro atoms. The number of carboxylic acids is 1. The largest absolute Gasteiger partial charge is 0.478 e. The molecule has 17 heavy (non-hydrogen) atoms. The number of aromatic carboxylic acids is 1. The predicted molar refractivity (Wildman–Crippen MR) is 65.5 cm³/mol. The molecule has 6 heteroatoms. The lowest BCUT2D eigenvalue weighted by molar-refractivity contribution is 0.0697. The maximum atomic E-state index is 10.9. The summed E-state index contributed by atoms with van der Waals surface area (Å²) in [6, 6.07) is 1.18. The number of nitrogens with zero attached hydrogens (tertiary/aromatic N) is 1. The Labute approximate surface area is 104 Å². The number of halogens is 1. The highest BCUT2D eigenvalue weighted by Gasteiger charge is 2.15. The summed E-state index contributed by atoms with van der Waals surface area (Å²) in [6.07, 6.45) is 1.28. The molecule has 0 aliphatic heterocycles. The van der Waals surface area contributed by atoms with Crippen LogP contribution in [0.3, 0.4) is 0 Å². The van der Waals surface area contributed by atoms with Crippen LogP contribution in [0.2, 0.25) is 5.02 Å². The van der Waals surface area contributed by atoms with E-state index in [4.69, 9.17) is 21.8 Å². The minimum atomic E-state index is -1.11. The first kappa shape index (κ1) is 13.7. The molecule has 0 aliphatic rings. The van der Waals surface area contributed by atoms with Gasteiger partial charge in [0.15, 0.2) is 0 Å². The average molecular weight is 259 g/mol. The lowest BCUT2D eigenvalue weighted by atomic mass is 10.1. The van der Waals surface area contributed by atoms with Gasteiger partial charge < -0.3 is 15.5 Å². The van der Waals surface area contributed by atoms with Crippen molar-refractivity contribution in [2.24, 2.45) is 5.92 Å². The minimum Gasteiger partial charge on any atom is -0.478 e. The number of rotatable bonds is 5. The Balaban J connectivity index is 2.92. The van der Waals surface area contributed by atoms with Gasteiger partial charge in [0, 0.05) is 6.20 Å². The van der Waals surface area contributed by atoms with E-state index in [1.807, 2.05) is 13.8 Å². The Morgan fingerprint density at radius 2 is 2.24 bits per heavy atom. The van der Waals surface area contributed by atoms with Crippen molar-refractivity contribution in [1.82, 2.24) is 4.98 Å². The first-order chi connectivity index (χ1) is 7.95. The van der Waals surface area contributed by atoms with E-state index >= 15 is 0 Å². The Hall–Kier alpha value is -1.33. The Morgan fingerprint density at radius 3 is 2.71 bits per heavy atom. The first-order valence-corrected chi connectivity index (χ1v) is 5.59. The molecule has 0 aliphatic carbocycles. The van der Waals surface area contributed by atoms with Crippen LogP contribution in [0.1, 0.15) is 24.2 Å². The number of carbonyl (C=O) groups is 1. The molecular formula is C11H15ClN2O3. The van der Waals surface area contributed by atoms with Crippen molar-refractivity contribution in [3.63, 3.8) is 0 Å². The van der Waals surface area contributed by atoms with Gasteiger partial charge in [0.2, 0.25) is 0 Å². The number of nitrogens with one attached hydrogen (secondary N) is 1. The molecule has 0 fully saturated rings. The van der Waals surface area contributed by atoms with E-state index in [1.165, 1.54) is 12.3 Å². The van der Waals surface area contributed by atoms with E-state index in [0.717, 1.165) is 0 Å². The van der Waals surface area contributed by atoms with Gasteiger partial charge in [-0.05, 0) is 12.0 Å². The summed E-state index contributed by atoms with van der Waals surface area (Å²) < 4.78 is 0. The highest BCUT2D eigenvalue weighted by atomic mass is 35.5. The standard InChI is InChI=1S/C11H15ClN2O3/c1-6(2)9(5-15)14-10-3-7(11(16)17)8(12)4-13-10/h3-4,6,9,15H,5H2,1-2H3,(H,13,14)(H,16,17). The van der Waals surface area contributed by atoms with Gasteiger partial charge in [-0.25, -0.2) is 9.78 Å². The van der Waals surface area contributed by atoms with E-state index < -0.39 is 5.97 Å². The Morgan fingerprint density at radius 1 is 1.59 bits per heavy atom. The fourth-order valence-corrected chi connectivity index (χ4v) is 1.48. The maximum absolute atomic E-state index is 10.9. The van der Waals surface area contributed by atoms with Crippen LogP contribution in [-0.2, 0) is 0 Å². The molecular weight excluding hydrogens is 244 g/mol. The third-order valence-electron chi connectivity index (χ3n) is 2.42. The second-order valence-corrected chi connectivity index (χ2v) is 4.44. The van der Waals surface area contributed by atoms with Gasteiger partial charge >= 0.3 is 5.97 Å². The van der Waals surface area contributed by atoms with E-state index in [-0.39, 0.29) is 29.2 Å². The molecule has 1 aromatic heterocycles. The van der Waals surface area contributed by atoms with Crippen LogP contribution < -0.4 is 5.32 Å². The van der Waals surface area contributed by atoms with Gasteiger partial charge in [-0.2, -0.15) is 0 Å². The van der Waals surface area contributed by atoms with Crippen molar-refractivity contribution in [2.45, 2.75) is 19.9 Å². The molecule has 0 aromatic carbocycles. The summed E-state index contributed by atoms with van der Waals surface area (Å²) in [5.74, 6) is -0.518. The highest BCUT2D eigenvalue weighted by Crippen LogP contribution is 2.19. The van der Waals surface area contributed by atoms with Gasteiger partial charge in [0.25, 0.3) is 0 Å². The van der Waals surface area contributed by atoms with Crippen molar-refractivity contribution in [1.29, 1.82) is 0 Å². The summed E-state index contributed by atoms with van der Waals surface area (Å²) in [5, 5.41) is 21.1. The quantitative estimate of drug-likeness (QED) is 0.751. The fourth-order valence-electron chi connectivity index (χ4n) is 1.29. The van der Waals surface area contributed by atoms with Crippen molar-refractivity contribution in [2.75, 3.05) is 11.9 Å². The van der Waals surface area contributed by atoms with Crippen LogP contribution in [-0.4, -0.2) is 33.8 Å². The van der Waals surface area contributed by atoms with Gasteiger partial charge in [0.05, 0.1) is 23.2 Å². The fraction of sp³-hybridized carbons (Fsp3) is 0.455. The van der Waals surface area contributed by atoms with Crippen molar-refractivity contribution in [3.05, 3.63) is 22.8 Å². The Bertz CT molecular complexity index is 410. The molecule has 1 aromatic rings. The second kappa shape index (κ2) is 5.84. The van der Waals surface area contributed by atoms with Gasteiger partial charge in [-0.15, -0.1) is 0 Å². The van der Waals surface area contributed by atoms with Crippen LogP contribution in [0.25, 0.3) is 0 Å². The molecule has 0 saturated carbocycles. The molecule has 1 unspecified atom stereocenters. The molecule has 0 saturated heterocycles. The monoisotopic (exact) mass is 258 g/mol. The zero-order chi connectivity index (χ0) is 13.0. The molecule has 5 nitrogen and oxygen atoms in total. The van der Waals surface area contributed by atoms with Crippen molar-refractivity contribution >= 4 is 23.4 Å². The predicted octanol–water partition coefficient (Wildman–Crippen LogP) is 1.86. The molecule has 3 N–H and O–H groups in total. The zero-order valence-corrected chi connectivity index (χ0v) is 10.4. The molecule has 0 bridgehead atoms. The summed E-state index contributed by atoms with van der Waals surface area (Å²) in [5.41, 5.74) is -0.00962. The number of pyridine rings is 1. The van der Waals surface area contributed by atoms with E-state index in [1.54, 1.807) is 0 Å². The average Bonchev–Trinajstić information content (AvgIpc) is 2.27. The van der Waals surface area contributed by atoms with Crippen LogP contribution in [0.15, 0.2) is 12.3 Å². The smallest absolute Gasteiger partial charge is 0.337 e. The van der Waals surface area contributed by atoms with Gasteiger partial charge in [-0.1, -0.05) is 25.4 Å². The second-order valence-electron chi connectivity index (χ2n) is 4.03. The number of aromatic nitrogens is 1. The van der Waals surface area contributed by atoms with Crippen LogP contribution >= 0.6 is 11.6 Å². The zero-order valence-electron chi connectivity index (χ0n) is 9.64. The molecule has 0 amide bonds. The van der Waals surface area contributed by atoms with Crippen molar-refractivity contribution < 1.29 is 15.0 Å². The van der Waals surface area contributed by atoms with E-state index in [9.17, 15) is 4.79 Å². The summed E-state index contributed by atoms with van der Waals surface area (Å²) in [7, 11) is 0. The maximum Gasteiger partial charge on any atom is 0.337 e. The lowest BCUT2D eigenvalue weighted by Crippen LogP contribution is -2.29. The third-order valence-corrected chi connectivity index (χ3v) is 2.72. The highest BCUT2D eigenvalue weighted by molar-refractivity contribution is 6.33.